The molecule has 6 nitrogen and oxygen atoms in total. The zero-order valence-electron chi connectivity index (χ0n) is 23.8. The van der Waals surface area contributed by atoms with Gasteiger partial charge in [-0.3, -0.25) is 14.3 Å². The number of fused-ring (bicyclic) bond motifs is 1. The van der Waals surface area contributed by atoms with Crippen molar-refractivity contribution in [3.05, 3.63) is 89.1 Å². The van der Waals surface area contributed by atoms with Crippen molar-refractivity contribution < 1.29 is 14.7 Å². The number of aromatic nitrogens is 2. The Balaban J connectivity index is 1.64. The van der Waals surface area contributed by atoms with Gasteiger partial charge < -0.3 is 10.4 Å². The van der Waals surface area contributed by atoms with Crippen molar-refractivity contribution in [2.24, 2.45) is 5.92 Å². The first-order valence-corrected chi connectivity index (χ1v) is 13.6. The molecule has 0 bridgehead atoms. The van der Waals surface area contributed by atoms with Gasteiger partial charge in [-0.1, -0.05) is 77.1 Å². The standard InChI is InChI=1S/C33H39N3O3/c1-21(2)19-30(24-7-9-25(10-8-24)32(39)34-18-17-31(37)38)36-29-16-15-27(22(3)28(29)20-35-36)23-11-13-26(14-12-23)33(4,5)6/h7-16,20-21,30H,17-19H2,1-6H3,(H,34,39)(H,37,38). The third-order valence-electron chi connectivity index (χ3n) is 7.28. The first kappa shape index (κ1) is 28.1. The molecule has 4 rings (SSSR count). The van der Waals surface area contributed by atoms with Gasteiger partial charge in [0.1, 0.15) is 0 Å². The molecule has 3 aromatic carbocycles. The Kier molecular flexibility index (Phi) is 8.24. The van der Waals surface area contributed by atoms with Crippen molar-refractivity contribution in [3.63, 3.8) is 0 Å². The van der Waals surface area contributed by atoms with Crippen molar-refractivity contribution in [1.82, 2.24) is 15.1 Å². The molecule has 0 saturated heterocycles. The molecule has 39 heavy (non-hydrogen) atoms. The lowest BCUT2D eigenvalue weighted by Gasteiger charge is -2.22. The maximum absolute atomic E-state index is 12.4. The number of nitrogens with one attached hydrogen (secondary N) is 1. The number of benzene rings is 3. The molecule has 1 heterocycles. The van der Waals surface area contributed by atoms with Crippen LogP contribution >= 0.6 is 0 Å². The van der Waals surface area contributed by atoms with Crippen LogP contribution in [0.2, 0.25) is 0 Å². The van der Waals surface area contributed by atoms with Gasteiger partial charge in [0.15, 0.2) is 0 Å². The summed E-state index contributed by atoms with van der Waals surface area (Å²) in [5.74, 6) is -0.768. The molecule has 1 aromatic heterocycles. The number of carbonyl (C=O) groups is 2. The zero-order chi connectivity index (χ0) is 28.3. The van der Waals surface area contributed by atoms with Crippen molar-refractivity contribution >= 4 is 22.8 Å². The fourth-order valence-electron chi connectivity index (χ4n) is 5.04. The third kappa shape index (κ3) is 6.39. The minimum Gasteiger partial charge on any atom is -0.481 e. The van der Waals surface area contributed by atoms with Crippen LogP contribution in [0.25, 0.3) is 22.0 Å². The van der Waals surface area contributed by atoms with Crippen LogP contribution in [0, 0.1) is 12.8 Å². The summed E-state index contributed by atoms with van der Waals surface area (Å²) in [6.45, 7) is 13.4. The number of rotatable bonds is 9. The molecular weight excluding hydrogens is 486 g/mol. The molecule has 0 aliphatic heterocycles. The van der Waals surface area contributed by atoms with Gasteiger partial charge in [-0.2, -0.15) is 5.10 Å². The molecule has 0 aliphatic carbocycles. The monoisotopic (exact) mass is 525 g/mol. The van der Waals surface area contributed by atoms with E-state index in [-0.39, 0.29) is 30.3 Å². The van der Waals surface area contributed by atoms with Crippen LogP contribution < -0.4 is 5.32 Å². The Bertz CT molecular complexity index is 1460. The second-order valence-corrected chi connectivity index (χ2v) is 11.8. The molecule has 6 heteroatoms. The summed E-state index contributed by atoms with van der Waals surface area (Å²) in [5, 5.41) is 17.5. The van der Waals surface area contributed by atoms with E-state index >= 15 is 0 Å². The lowest BCUT2D eigenvalue weighted by atomic mass is 9.86. The summed E-state index contributed by atoms with van der Waals surface area (Å²) < 4.78 is 2.11. The summed E-state index contributed by atoms with van der Waals surface area (Å²) in [6, 6.07) is 20.8. The second-order valence-electron chi connectivity index (χ2n) is 11.8. The highest BCUT2D eigenvalue weighted by Crippen LogP contribution is 2.35. The SMILES string of the molecule is Cc1c(-c2ccc(C(C)(C)C)cc2)ccc2c1cnn2C(CC(C)C)c1ccc(C(=O)NCCC(=O)O)cc1. The average Bonchev–Trinajstić information content (AvgIpc) is 3.31. The molecule has 2 N–H and O–H groups in total. The Morgan fingerprint density at radius 1 is 0.974 bits per heavy atom. The fraction of sp³-hybridized carbons (Fsp3) is 0.364. The highest BCUT2D eigenvalue weighted by molar-refractivity contribution is 5.94. The number of carboxylic acid groups (broad SMARTS) is 1. The van der Waals surface area contributed by atoms with Crippen molar-refractivity contribution in [3.8, 4) is 11.1 Å². The summed E-state index contributed by atoms with van der Waals surface area (Å²) >= 11 is 0. The average molecular weight is 526 g/mol. The molecule has 0 radical (unpaired) electrons. The van der Waals surface area contributed by atoms with Crippen molar-refractivity contribution in [2.75, 3.05) is 6.54 Å². The number of hydrogen-bond donors (Lipinski definition) is 2. The molecular formula is C33H39N3O3. The summed E-state index contributed by atoms with van der Waals surface area (Å²) in [6.07, 6.45) is 2.77. The van der Waals surface area contributed by atoms with Crippen LogP contribution in [-0.4, -0.2) is 33.3 Å². The number of hydrogen-bond acceptors (Lipinski definition) is 3. The van der Waals surface area contributed by atoms with Gasteiger partial charge in [0.25, 0.3) is 5.91 Å². The predicted molar refractivity (Wildman–Crippen MR) is 157 cm³/mol. The Labute approximate surface area is 231 Å². The molecule has 0 aliphatic rings. The van der Waals surface area contributed by atoms with Crippen molar-refractivity contribution in [2.45, 2.75) is 65.8 Å². The van der Waals surface area contributed by atoms with Crippen LogP contribution in [0.5, 0.6) is 0 Å². The molecule has 0 fully saturated rings. The topological polar surface area (TPSA) is 84.2 Å². The minimum atomic E-state index is -0.936. The van der Waals surface area contributed by atoms with E-state index < -0.39 is 5.97 Å². The second kappa shape index (κ2) is 11.4. The first-order chi connectivity index (χ1) is 18.5. The van der Waals surface area contributed by atoms with Gasteiger partial charge in [0.05, 0.1) is 24.2 Å². The zero-order valence-corrected chi connectivity index (χ0v) is 23.8. The summed E-state index contributed by atoms with van der Waals surface area (Å²) in [4.78, 5) is 23.1. The molecule has 1 amide bonds. The largest absolute Gasteiger partial charge is 0.481 e. The van der Waals surface area contributed by atoms with E-state index in [0.29, 0.717) is 11.5 Å². The number of aryl methyl sites for hydroxylation is 1. The molecule has 1 atom stereocenters. The summed E-state index contributed by atoms with van der Waals surface area (Å²) in [5.41, 5.74) is 7.73. The van der Waals surface area contributed by atoms with E-state index in [9.17, 15) is 9.59 Å². The number of carboxylic acids is 1. The molecule has 0 saturated carbocycles. The van der Waals surface area contributed by atoms with Crippen LogP contribution in [0.1, 0.15) is 80.6 Å². The van der Waals surface area contributed by atoms with Gasteiger partial charge in [0.2, 0.25) is 0 Å². The Morgan fingerprint density at radius 2 is 1.64 bits per heavy atom. The molecule has 4 aromatic rings. The van der Waals surface area contributed by atoms with Gasteiger partial charge >= 0.3 is 5.97 Å². The van der Waals surface area contributed by atoms with E-state index in [1.165, 1.54) is 22.3 Å². The highest BCUT2D eigenvalue weighted by atomic mass is 16.4. The number of carbonyl (C=O) groups excluding carboxylic acids is 1. The van der Waals surface area contributed by atoms with Crippen LogP contribution in [0.3, 0.4) is 0 Å². The lowest BCUT2D eigenvalue weighted by molar-refractivity contribution is -0.136. The number of aliphatic carboxylic acids is 1. The number of amides is 1. The lowest BCUT2D eigenvalue weighted by Crippen LogP contribution is -2.26. The van der Waals surface area contributed by atoms with Gasteiger partial charge in [-0.15, -0.1) is 0 Å². The maximum atomic E-state index is 12.4. The fourth-order valence-corrected chi connectivity index (χ4v) is 5.04. The molecule has 0 spiro atoms. The van der Waals surface area contributed by atoms with E-state index in [0.717, 1.165) is 22.9 Å². The van der Waals surface area contributed by atoms with Crippen LogP contribution in [-0.2, 0) is 10.2 Å². The van der Waals surface area contributed by atoms with E-state index in [2.05, 4.69) is 87.9 Å². The predicted octanol–water partition coefficient (Wildman–Crippen LogP) is 7.15. The summed E-state index contributed by atoms with van der Waals surface area (Å²) in [7, 11) is 0. The Hall–Kier alpha value is -3.93. The number of nitrogens with zero attached hydrogens (tertiary/aromatic N) is 2. The smallest absolute Gasteiger partial charge is 0.305 e. The normalized spacial score (nSPS) is 12.6. The van der Waals surface area contributed by atoms with E-state index in [4.69, 9.17) is 10.2 Å². The Morgan fingerprint density at radius 3 is 2.23 bits per heavy atom. The molecule has 1 unspecified atom stereocenters. The van der Waals surface area contributed by atoms with Gasteiger partial charge in [-0.05, 0) is 70.7 Å². The minimum absolute atomic E-state index is 0.0166. The molecule has 204 valence electrons. The first-order valence-electron chi connectivity index (χ1n) is 13.6. The van der Waals surface area contributed by atoms with Crippen LogP contribution in [0.4, 0.5) is 0 Å². The van der Waals surface area contributed by atoms with Crippen LogP contribution in [0.15, 0.2) is 66.9 Å². The van der Waals surface area contributed by atoms with Gasteiger partial charge in [0, 0.05) is 17.5 Å². The van der Waals surface area contributed by atoms with Gasteiger partial charge in [-0.25, -0.2) is 0 Å². The van der Waals surface area contributed by atoms with E-state index in [1.54, 1.807) is 12.1 Å². The van der Waals surface area contributed by atoms with Crippen molar-refractivity contribution in [1.29, 1.82) is 0 Å². The van der Waals surface area contributed by atoms with E-state index in [1.807, 2.05) is 18.3 Å². The quantitative estimate of drug-likeness (QED) is 0.243. The third-order valence-corrected chi connectivity index (χ3v) is 7.28. The highest BCUT2D eigenvalue weighted by Gasteiger charge is 2.21. The maximum Gasteiger partial charge on any atom is 0.305 e.